The molecule has 4 nitrogen and oxygen atoms in total. The zero-order valence-corrected chi connectivity index (χ0v) is 13.2. The highest BCUT2D eigenvalue weighted by atomic mass is 19.1. The van der Waals surface area contributed by atoms with Gasteiger partial charge >= 0.3 is 5.97 Å². The first-order valence-corrected chi connectivity index (χ1v) is 7.85. The maximum Gasteiger partial charge on any atom is 0.325 e. The van der Waals surface area contributed by atoms with Crippen LogP contribution in [0.4, 0.5) is 4.39 Å². The van der Waals surface area contributed by atoms with E-state index in [0.717, 1.165) is 5.56 Å². The Balaban J connectivity index is 1.53. The van der Waals surface area contributed by atoms with E-state index in [9.17, 15) is 14.0 Å². The Morgan fingerprint density at radius 1 is 1.12 bits per heavy atom. The zero-order valence-electron chi connectivity index (χ0n) is 13.2. The van der Waals surface area contributed by atoms with Crippen LogP contribution >= 0.6 is 0 Å². The number of rotatable bonds is 5. The van der Waals surface area contributed by atoms with Gasteiger partial charge in [0.1, 0.15) is 19.0 Å². The van der Waals surface area contributed by atoms with Gasteiger partial charge in [0, 0.05) is 24.4 Å². The van der Waals surface area contributed by atoms with Crippen LogP contribution in [-0.4, -0.2) is 29.9 Å². The van der Waals surface area contributed by atoms with Gasteiger partial charge in [-0.3, -0.25) is 9.59 Å². The van der Waals surface area contributed by atoms with Gasteiger partial charge in [0.25, 0.3) is 0 Å². The highest BCUT2D eigenvalue weighted by Crippen LogP contribution is 2.27. The lowest BCUT2D eigenvalue weighted by Crippen LogP contribution is -2.32. The van der Waals surface area contributed by atoms with Crippen LogP contribution in [0.5, 0.6) is 0 Å². The molecule has 2 aromatic carbocycles. The van der Waals surface area contributed by atoms with E-state index in [4.69, 9.17) is 4.74 Å². The molecule has 124 valence electrons. The Labute approximate surface area is 139 Å². The van der Waals surface area contributed by atoms with Crippen molar-refractivity contribution < 1.29 is 18.7 Å². The minimum atomic E-state index is -0.527. The maximum absolute atomic E-state index is 13.5. The number of halogens is 1. The number of hydrogen-bond acceptors (Lipinski definition) is 3. The van der Waals surface area contributed by atoms with Crippen molar-refractivity contribution in [3.8, 4) is 0 Å². The second-order valence-corrected chi connectivity index (χ2v) is 5.84. The van der Waals surface area contributed by atoms with Gasteiger partial charge in [-0.15, -0.1) is 0 Å². The third kappa shape index (κ3) is 3.79. The number of ether oxygens (including phenoxy) is 1. The molecule has 1 fully saturated rings. The number of nitrogens with zero attached hydrogens (tertiary/aromatic N) is 1. The number of esters is 1. The molecule has 0 aliphatic carbocycles. The first-order chi connectivity index (χ1) is 11.6. The van der Waals surface area contributed by atoms with Crippen LogP contribution in [0.25, 0.3) is 0 Å². The van der Waals surface area contributed by atoms with Gasteiger partial charge in [-0.25, -0.2) is 4.39 Å². The second-order valence-electron chi connectivity index (χ2n) is 5.84. The van der Waals surface area contributed by atoms with Crippen molar-refractivity contribution in [2.45, 2.75) is 18.9 Å². The standard InChI is InChI=1S/C19H18FNO3/c20-17-9-5-4-8-15(17)13-24-19(23)12-21-11-16(10-18(21)22)14-6-2-1-3-7-14/h1-9,16H,10-13H2/t16-/m1/s1. The first kappa shape index (κ1) is 16.2. The fraction of sp³-hybridized carbons (Fsp3) is 0.263. The van der Waals surface area contributed by atoms with Crippen LogP contribution < -0.4 is 0 Å². The number of carbonyl (C=O) groups is 2. The number of likely N-dealkylation sites (tertiary alicyclic amines) is 1. The fourth-order valence-electron chi connectivity index (χ4n) is 2.85. The third-order valence-electron chi connectivity index (χ3n) is 4.15. The van der Waals surface area contributed by atoms with Gasteiger partial charge in [0.15, 0.2) is 0 Å². The van der Waals surface area contributed by atoms with Crippen molar-refractivity contribution in [3.63, 3.8) is 0 Å². The summed E-state index contributed by atoms with van der Waals surface area (Å²) >= 11 is 0. The van der Waals surface area contributed by atoms with E-state index < -0.39 is 11.8 Å². The Kier molecular flexibility index (Phi) is 4.89. The Morgan fingerprint density at radius 3 is 2.58 bits per heavy atom. The lowest BCUT2D eigenvalue weighted by atomic mass is 9.99. The Hall–Kier alpha value is -2.69. The molecule has 1 atom stereocenters. The monoisotopic (exact) mass is 327 g/mol. The summed E-state index contributed by atoms with van der Waals surface area (Å²) in [6.45, 7) is 0.268. The fourth-order valence-corrected chi connectivity index (χ4v) is 2.85. The molecule has 1 amide bonds. The molecule has 0 unspecified atom stereocenters. The molecular formula is C19H18FNO3. The molecule has 24 heavy (non-hydrogen) atoms. The first-order valence-electron chi connectivity index (χ1n) is 7.85. The molecule has 2 aromatic rings. The second kappa shape index (κ2) is 7.25. The van der Waals surface area contributed by atoms with E-state index in [2.05, 4.69) is 0 Å². The largest absolute Gasteiger partial charge is 0.459 e. The van der Waals surface area contributed by atoms with Crippen LogP contribution in [0.1, 0.15) is 23.5 Å². The Bertz CT molecular complexity index is 732. The molecule has 0 aromatic heterocycles. The van der Waals surface area contributed by atoms with E-state index in [-0.39, 0.29) is 25.0 Å². The van der Waals surface area contributed by atoms with E-state index >= 15 is 0 Å². The minimum Gasteiger partial charge on any atom is -0.459 e. The summed E-state index contributed by atoms with van der Waals surface area (Å²) in [5.41, 5.74) is 1.41. The average Bonchev–Trinajstić information content (AvgIpc) is 2.96. The summed E-state index contributed by atoms with van der Waals surface area (Å²) in [6.07, 6.45) is 0.393. The summed E-state index contributed by atoms with van der Waals surface area (Å²) in [6, 6.07) is 15.9. The molecule has 1 saturated heterocycles. The Morgan fingerprint density at radius 2 is 1.83 bits per heavy atom. The highest BCUT2D eigenvalue weighted by molar-refractivity contribution is 5.84. The van der Waals surface area contributed by atoms with Crippen molar-refractivity contribution >= 4 is 11.9 Å². The topological polar surface area (TPSA) is 46.6 Å². The quantitative estimate of drug-likeness (QED) is 0.793. The number of hydrogen-bond donors (Lipinski definition) is 0. The van der Waals surface area contributed by atoms with E-state index in [1.54, 1.807) is 18.2 Å². The van der Waals surface area contributed by atoms with Gasteiger partial charge in [-0.05, 0) is 11.6 Å². The number of carbonyl (C=O) groups excluding carboxylic acids is 2. The van der Waals surface area contributed by atoms with Gasteiger partial charge in [-0.2, -0.15) is 0 Å². The average molecular weight is 327 g/mol. The summed E-state index contributed by atoms with van der Waals surface area (Å²) < 4.78 is 18.6. The molecule has 0 radical (unpaired) electrons. The predicted molar refractivity (Wildman–Crippen MR) is 86.6 cm³/mol. The molecule has 1 aliphatic heterocycles. The minimum absolute atomic E-state index is 0.0632. The molecular weight excluding hydrogens is 309 g/mol. The molecule has 3 rings (SSSR count). The molecule has 5 heteroatoms. The summed E-state index contributed by atoms with van der Waals surface area (Å²) in [5, 5.41) is 0. The molecule has 1 heterocycles. The molecule has 0 spiro atoms. The van der Waals surface area contributed by atoms with Crippen molar-refractivity contribution in [1.82, 2.24) is 4.90 Å². The molecule has 0 N–H and O–H groups in total. The van der Waals surface area contributed by atoms with Gasteiger partial charge in [0.05, 0.1) is 0 Å². The lowest BCUT2D eigenvalue weighted by molar-refractivity contribution is -0.149. The molecule has 0 saturated carbocycles. The lowest BCUT2D eigenvalue weighted by Gasteiger charge is -2.16. The van der Waals surface area contributed by atoms with Gasteiger partial charge in [-0.1, -0.05) is 48.5 Å². The van der Waals surface area contributed by atoms with E-state index in [1.807, 2.05) is 30.3 Å². The van der Waals surface area contributed by atoms with Crippen LogP contribution in [0.15, 0.2) is 54.6 Å². The summed E-state index contributed by atoms with van der Waals surface area (Å²) in [7, 11) is 0. The number of benzene rings is 2. The SMILES string of the molecule is O=C(CN1C[C@H](c2ccccc2)CC1=O)OCc1ccccc1F. The smallest absolute Gasteiger partial charge is 0.325 e. The zero-order chi connectivity index (χ0) is 16.9. The van der Waals surface area contributed by atoms with Gasteiger partial charge < -0.3 is 9.64 Å². The van der Waals surface area contributed by atoms with E-state index in [1.165, 1.54) is 11.0 Å². The van der Waals surface area contributed by atoms with Crippen molar-refractivity contribution in [2.24, 2.45) is 0 Å². The summed E-state index contributed by atoms with van der Waals surface area (Å²) in [4.78, 5) is 25.5. The van der Waals surface area contributed by atoms with Crippen LogP contribution in [0.3, 0.4) is 0 Å². The summed E-state index contributed by atoms with van der Waals surface area (Å²) in [5.74, 6) is -0.906. The van der Waals surface area contributed by atoms with Crippen molar-refractivity contribution in [2.75, 3.05) is 13.1 Å². The maximum atomic E-state index is 13.5. The normalized spacial score (nSPS) is 17.1. The predicted octanol–water partition coefficient (Wildman–Crippen LogP) is 2.89. The third-order valence-corrected chi connectivity index (χ3v) is 4.15. The van der Waals surface area contributed by atoms with Crippen LogP contribution in [0, 0.1) is 5.82 Å². The van der Waals surface area contributed by atoms with E-state index in [0.29, 0.717) is 18.5 Å². The van der Waals surface area contributed by atoms with Crippen LogP contribution in [-0.2, 0) is 20.9 Å². The van der Waals surface area contributed by atoms with Crippen molar-refractivity contribution in [1.29, 1.82) is 0 Å². The van der Waals surface area contributed by atoms with Gasteiger partial charge in [0.2, 0.25) is 5.91 Å². The molecule has 1 aliphatic rings. The molecule has 0 bridgehead atoms. The number of amides is 1. The van der Waals surface area contributed by atoms with Crippen LogP contribution in [0.2, 0.25) is 0 Å². The highest BCUT2D eigenvalue weighted by Gasteiger charge is 2.31. The van der Waals surface area contributed by atoms with Crippen molar-refractivity contribution in [3.05, 3.63) is 71.5 Å².